The second-order valence-electron chi connectivity index (χ2n) is 6.63. The van der Waals surface area contributed by atoms with Gasteiger partial charge in [-0.15, -0.1) is 0 Å². The number of hydrogen-bond donors (Lipinski definition) is 2. The minimum atomic E-state index is -0.687. The monoisotopic (exact) mass is 287 g/mol. The van der Waals surface area contributed by atoms with E-state index in [1.165, 1.54) is 38.5 Å². The van der Waals surface area contributed by atoms with E-state index < -0.39 is 5.97 Å². The van der Waals surface area contributed by atoms with Crippen molar-refractivity contribution in [1.82, 2.24) is 5.32 Å². The molecule has 0 aliphatic carbocycles. The van der Waals surface area contributed by atoms with Crippen LogP contribution in [0, 0.1) is 0 Å². The highest BCUT2D eigenvalue weighted by Crippen LogP contribution is 2.10. The van der Waals surface area contributed by atoms with Gasteiger partial charge in [-0.1, -0.05) is 39.0 Å². The van der Waals surface area contributed by atoms with E-state index in [2.05, 4.69) is 12.2 Å². The molecule has 4 heteroatoms. The number of aliphatic carboxylic acids is 1. The predicted octanol–water partition coefficient (Wildman–Crippen LogP) is 2.88. The van der Waals surface area contributed by atoms with E-state index >= 15 is 0 Å². The van der Waals surface area contributed by atoms with Crippen LogP contribution in [0.1, 0.15) is 58.3 Å². The number of carboxylic acid groups (broad SMARTS) is 1. The summed E-state index contributed by atoms with van der Waals surface area (Å²) >= 11 is 0. The van der Waals surface area contributed by atoms with Crippen molar-refractivity contribution in [2.75, 3.05) is 34.2 Å². The minimum absolute atomic E-state index is 0.300. The molecule has 0 heterocycles. The Kier molecular flexibility index (Phi) is 10.8. The Morgan fingerprint density at radius 3 is 2.10 bits per heavy atom. The Balaban J connectivity index is 3.49. The zero-order valence-electron chi connectivity index (χ0n) is 14.0. The minimum Gasteiger partial charge on any atom is -0.477 e. The van der Waals surface area contributed by atoms with Gasteiger partial charge in [-0.2, -0.15) is 0 Å². The summed E-state index contributed by atoms with van der Waals surface area (Å²) in [6.07, 6.45) is 9.58. The lowest BCUT2D eigenvalue weighted by Gasteiger charge is -2.31. The molecule has 0 aromatic carbocycles. The Morgan fingerprint density at radius 2 is 1.55 bits per heavy atom. The average Bonchev–Trinajstić information content (AvgIpc) is 2.34. The summed E-state index contributed by atoms with van der Waals surface area (Å²) in [6, 6.07) is -0.300. The number of nitrogens with one attached hydrogen (secondary N) is 1. The Hall–Kier alpha value is -0.610. The number of carbonyl (C=O) groups is 1. The normalized spacial score (nSPS) is 13.4. The third-order valence-corrected chi connectivity index (χ3v) is 3.76. The standard InChI is InChI=1S/C16H34N2O2/c1-5-6-7-8-9-10-13-17-14-11-12-15(16(19)20)18(2,3)4/h15,17H,5-14H2,1-4H3/p+1. The molecule has 0 aliphatic rings. The van der Waals surface area contributed by atoms with Crippen molar-refractivity contribution < 1.29 is 14.4 Å². The van der Waals surface area contributed by atoms with E-state index in [0.29, 0.717) is 4.48 Å². The van der Waals surface area contributed by atoms with Crippen LogP contribution in [0.2, 0.25) is 0 Å². The maximum Gasteiger partial charge on any atom is 0.362 e. The number of nitrogens with zero attached hydrogens (tertiary/aromatic N) is 1. The fourth-order valence-corrected chi connectivity index (χ4v) is 2.42. The molecule has 0 fully saturated rings. The molecular formula is C16H35N2O2+. The molecule has 20 heavy (non-hydrogen) atoms. The first-order chi connectivity index (χ1) is 9.39. The highest BCUT2D eigenvalue weighted by Gasteiger charge is 2.30. The molecule has 0 amide bonds. The molecule has 0 aromatic rings. The third kappa shape index (κ3) is 10.2. The van der Waals surface area contributed by atoms with Crippen molar-refractivity contribution in [3.8, 4) is 0 Å². The SMILES string of the molecule is CCCCCCCCNCCCC(C(=O)O)[N+](C)(C)C. The first-order valence-electron chi connectivity index (χ1n) is 8.14. The number of carboxylic acids is 1. The number of hydrogen-bond acceptors (Lipinski definition) is 2. The quantitative estimate of drug-likeness (QED) is 0.404. The van der Waals surface area contributed by atoms with Gasteiger partial charge in [0.25, 0.3) is 0 Å². The largest absolute Gasteiger partial charge is 0.477 e. The van der Waals surface area contributed by atoms with Crippen LogP contribution >= 0.6 is 0 Å². The van der Waals surface area contributed by atoms with Gasteiger partial charge < -0.3 is 14.9 Å². The maximum absolute atomic E-state index is 11.2. The van der Waals surface area contributed by atoms with Gasteiger partial charge >= 0.3 is 5.97 Å². The van der Waals surface area contributed by atoms with Crippen LogP contribution in [0.4, 0.5) is 0 Å². The van der Waals surface area contributed by atoms with E-state index in [4.69, 9.17) is 0 Å². The smallest absolute Gasteiger partial charge is 0.362 e. The summed E-state index contributed by atoms with van der Waals surface area (Å²) in [4.78, 5) is 11.2. The van der Waals surface area contributed by atoms with Gasteiger partial charge in [0.05, 0.1) is 21.1 Å². The molecule has 0 bridgehead atoms. The summed E-state index contributed by atoms with van der Waals surface area (Å²) in [5.74, 6) is -0.687. The van der Waals surface area contributed by atoms with Gasteiger partial charge in [0.2, 0.25) is 0 Å². The fourth-order valence-electron chi connectivity index (χ4n) is 2.42. The van der Waals surface area contributed by atoms with E-state index in [1.54, 1.807) is 0 Å². The summed E-state index contributed by atoms with van der Waals surface area (Å²) in [5, 5.41) is 12.6. The predicted molar refractivity (Wildman–Crippen MR) is 84.9 cm³/mol. The summed E-state index contributed by atoms with van der Waals surface area (Å²) < 4.78 is 0.493. The van der Waals surface area contributed by atoms with E-state index in [9.17, 15) is 9.90 Å². The van der Waals surface area contributed by atoms with Crippen molar-refractivity contribution in [2.24, 2.45) is 0 Å². The van der Waals surface area contributed by atoms with Crippen molar-refractivity contribution in [3.63, 3.8) is 0 Å². The lowest BCUT2D eigenvalue weighted by molar-refractivity contribution is -0.887. The second kappa shape index (κ2) is 11.1. The van der Waals surface area contributed by atoms with Crippen LogP contribution in [0.3, 0.4) is 0 Å². The lowest BCUT2D eigenvalue weighted by atomic mass is 10.1. The molecule has 0 spiro atoms. The van der Waals surface area contributed by atoms with Gasteiger partial charge in [-0.25, -0.2) is 4.79 Å². The van der Waals surface area contributed by atoms with Crippen LogP contribution in [-0.4, -0.2) is 55.8 Å². The molecule has 120 valence electrons. The van der Waals surface area contributed by atoms with Gasteiger partial charge in [-0.3, -0.25) is 0 Å². The third-order valence-electron chi connectivity index (χ3n) is 3.76. The molecule has 4 nitrogen and oxygen atoms in total. The molecule has 0 radical (unpaired) electrons. The average molecular weight is 287 g/mol. The maximum atomic E-state index is 11.2. The highest BCUT2D eigenvalue weighted by atomic mass is 16.4. The summed E-state index contributed by atoms with van der Waals surface area (Å²) in [6.45, 7) is 4.23. The molecule has 1 atom stereocenters. The van der Waals surface area contributed by atoms with Crippen LogP contribution < -0.4 is 5.32 Å². The Morgan fingerprint density at radius 1 is 1.00 bits per heavy atom. The number of rotatable bonds is 13. The van der Waals surface area contributed by atoms with Crippen molar-refractivity contribution >= 4 is 5.97 Å². The Labute approximate surface area is 125 Å². The van der Waals surface area contributed by atoms with Crippen LogP contribution in [-0.2, 0) is 4.79 Å². The number of quaternary nitrogens is 1. The van der Waals surface area contributed by atoms with Crippen molar-refractivity contribution in [3.05, 3.63) is 0 Å². The van der Waals surface area contributed by atoms with Crippen LogP contribution in [0.5, 0.6) is 0 Å². The van der Waals surface area contributed by atoms with Crippen molar-refractivity contribution in [2.45, 2.75) is 64.3 Å². The zero-order chi connectivity index (χ0) is 15.4. The van der Waals surface area contributed by atoms with Crippen molar-refractivity contribution in [1.29, 1.82) is 0 Å². The highest BCUT2D eigenvalue weighted by molar-refractivity contribution is 5.72. The van der Waals surface area contributed by atoms with Gasteiger partial charge in [0.15, 0.2) is 6.04 Å². The number of likely N-dealkylation sites (N-methyl/N-ethyl adjacent to an activating group) is 1. The number of unbranched alkanes of at least 4 members (excludes halogenated alkanes) is 5. The molecule has 0 saturated heterocycles. The first-order valence-corrected chi connectivity index (χ1v) is 8.14. The molecule has 0 aromatic heterocycles. The molecule has 0 aliphatic heterocycles. The molecule has 0 rings (SSSR count). The molecule has 0 saturated carbocycles. The topological polar surface area (TPSA) is 49.3 Å². The lowest BCUT2D eigenvalue weighted by Crippen LogP contribution is -2.50. The molecular weight excluding hydrogens is 252 g/mol. The van der Waals surface area contributed by atoms with E-state index in [-0.39, 0.29) is 6.04 Å². The second-order valence-corrected chi connectivity index (χ2v) is 6.63. The van der Waals surface area contributed by atoms with Gasteiger partial charge in [0, 0.05) is 6.42 Å². The van der Waals surface area contributed by atoms with Crippen LogP contribution in [0.25, 0.3) is 0 Å². The summed E-state index contributed by atoms with van der Waals surface area (Å²) in [5.41, 5.74) is 0. The summed E-state index contributed by atoms with van der Waals surface area (Å²) in [7, 11) is 5.84. The first kappa shape index (κ1) is 19.4. The Bertz CT molecular complexity index is 249. The van der Waals surface area contributed by atoms with E-state index in [0.717, 1.165) is 25.9 Å². The fraction of sp³-hybridized carbons (Fsp3) is 0.938. The van der Waals surface area contributed by atoms with E-state index in [1.807, 2.05) is 21.1 Å². The van der Waals surface area contributed by atoms with Crippen LogP contribution in [0.15, 0.2) is 0 Å². The van der Waals surface area contributed by atoms with Gasteiger partial charge in [0.1, 0.15) is 0 Å². The van der Waals surface area contributed by atoms with Gasteiger partial charge in [-0.05, 0) is 25.9 Å². The zero-order valence-corrected chi connectivity index (χ0v) is 14.0. The molecule has 2 N–H and O–H groups in total. The molecule has 1 unspecified atom stereocenters.